The van der Waals surface area contributed by atoms with Crippen molar-refractivity contribution in [2.45, 2.75) is 38.8 Å². The SMILES string of the molecule is CC1(C)C=Cc2cc(CNCC3CC3)ccc2O1. The molecule has 1 heterocycles. The second-order valence-corrected chi connectivity index (χ2v) is 5.99. The summed E-state index contributed by atoms with van der Waals surface area (Å²) in [7, 11) is 0. The minimum absolute atomic E-state index is 0.182. The Labute approximate surface area is 109 Å². The normalized spacial score (nSPS) is 20.3. The standard InChI is InChI=1S/C16H21NO/c1-16(2)8-7-14-9-13(5-6-15(14)18-16)11-17-10-12-3-4-12/h5-9,12,17H,3-4,10-11H2,1-2H3. The van der Waals surface area contributed by atoms with Crippen LogP contribution in [0.2, 0.25) is 0 Å². The fourth-order valence-corrected chi connectivity index (χ4v) is 2.28. The first-order valence-electron chi connectivity index (χ1n) is 6.84. The summed E-state index contributed by atoms with van der Waals surface area (Å²) in [5.74, 6) is 1.93. The summed E-state index contributed by atoms with van der Waals surface area (Å²) < 4.78 is 5.92. The molecule has 18 heavy (non-hydrogen) atoms. The van der Waals surface area contributed by atoms with Crippen molar-refractivity contribution < 1.29 is 4.74 Å². The molecule has 0 aromatic heterocycles. The quantitative estimate of drug-likeness (QED) is 0.875. The van der Waals surface area contributed by atoms with E-state index in [1.165, 1.54) is 24.0 Å². The molecule has 1 aliphatic heterocycles. The first-order valence-corrected chi connectivity index (χ1v) is 6.84. The average molecular weight is 243 g/mol. The summed E-state index contributed by atoms with van der Waals surface area (Å²) in [5, 5.41) is 3.52. The first kappa shape index (κ1) is 11.8. The lowest BCUT2D eigenvalue weighted by Gasteiger charge is -2.28. The molecule has 2 aliphatic rings. The number of benzene rings is 1. The number of hydrogen-bond donors (Lipinski definition) is 1. The van der Waals surface area contributed by atoms with E-state index in [4.69, 9.17) is 4.74 Å². The molecule has 2 heteroatoms. The Morgan fingerprint density at radius 3 is 2.94 bits per heavy atom. The predicted octanol–water partition coefficient (Wildman–Crippen LogP) is 3.37. The molecule has 1 aromatic rings. The van der Waals surface area contributed by atoms with E-state index in [9.17, 15) is 0 Å². The van der Waals surface area contributed by atoms with Gasteiger partial charge in [-0.05, 0) is 62.9 Å². The molecule has 96 valence electrons. The van der Waals surface area contributed by atoms with Crippen LogP contribution in [0.5, 0.6) is 5.75 Å². The highest BCUT2D eigenvalue weighted by atomic mass is 16.5. The summed E-state index contributed by atoms with van der Waals surface area (Å²) in [6, 6.07) is 6.48. The maximum Gasteiger partial charge on any atom is 0.127 e. The van der Waals surface area contributed by atoms with E-state index < -0.39 is 0 Å². The van der Waals surface area contributed by atoms with Crippen molar-refractivity contribution in [3.8, 4) is 5.75 Å². The van der Waals surface area contributed by atoms with Crippen molar-refractivity contribution in [3.05, 3.63) is 35.4 Å². The second-order valence-electron chi connectivity index (χ2n) is 5.99. The van der Waals surface area contributed by atoms with Crippen LogP contribution in [0.4, 0.5) is 0 Å². The molecule has 0 unspecified atom stereocenters. The van der Waals surface area contributed by atoms with E-state index in [1.807, 2.05) is 0 Å². The zero-order valence-electron chi connectivity index (χ0n) is 11.2. The molecule has 0 bridgehead atoms. The molecule has 0 atom stereocenters. The van der Waals surface area contributed by atoms with Crippen LogP contribution in [0.25, 0.3) is 6.08 Å². The summed E-state index contributed by atoms with van der Waals surface area (Å²) in [6.07, 6.45) is 7.10. The molecular formula is C16H21NO. The lowest BCUT2D eigenvalue weighted by molar-refractivity contribution is 0.159. The maximum atomic E-state index is 5.92. The summed E-state index contributed by atoms with van der Waals surface area (Å²) in [5.41, 5.74) is 2.35. The van der Waals surface area contributed by atoms with Crippen LogP contribution in [-0.2, 0) is 6.54 Å². The van der Waals surface area contributed by atoms with Crippen LogP contribution in [-0.4, -0.2) is 12.1 Å². The van der Waals surface area contributed by atoms with Gasteiger partial charge in [-0.1, -0.05) is 12.1 Å². The van der Waals surface area contributed by atoms with Crippen LogP contribution in [0, 0.1) is 5.92 Å². The largest absolute Gasteiger partial charge is 0.483 e. The molecule has 1 N–H and O–H groups in total. The van der Waals surface area contributed by atoms with Gasteiger partial charge in [0.15, 0.2) is 0 Å². The monoisotopic (exact) mass is 243 g/mol. The zero-order chi connectivity index (χ0) is 12.6. The van der Waals surface area contributed by atoms with Gasteiger partial charge in [-0.3, -0.25) is 0 Å². The van der Waals surface area contributed by atoms with E-state index in [1.54, 1.807) is 0 Å². The Morgan fingerprint density at radius 1 is 1.33 bits per heavy atom. The smallest absolute Gasteiger partial charge is 0.127 e. The molecule has 1 aromatic carbocycles. The van der Waals surface area contributed by atoms with Gasteiger partial charge in [0.05, 0.1) is 0 Å². The predicted molar refractivity (Wildman–Crippen MR) is 74.6 cm³/mol. The lowest BCUT2D eigenvalue weighted by atomic mass is 10.0. The highest BCUT2D eigenvalue weighted by Crippen LogP contribution is 2.31. The van der Waals surface area contributed by atoms with E-state index in [2.05, 4.69) is 49.5 Å². The third kappa shape index (κ3) is 2.75. The minimum atomic E-state index is -0.182. The Kier molecular flexibility index (Phi) is 2.90. The molecule has 0 radical (unpaired) electrons. The fourth-order valence-electron chi connectivity index (χ4n) is 2.28. The van der Waals surface area contributed by atoms with E-state index in [0.29, 0.717) is 0 Å². The van der Waals surface area contributed by atoms with Crippen LogP contribution in [0.15, 0.2) is 24.3 Å². The summed E-state index contributed by atoms with van der Waals surface area (Å²) in [4.78, 5) is 0. The topological polar surface area (TPSA) is 21.3 Å². The van der Waals surface area contributed by atoms with E-state index >= 15 is 0 Å². The molecule has 0 spiro atoms. The third-order valence-corrected chi connectivity index (χ3v) is 3.57. The van der Waals surface area contributed by atoms with Crippen molar-refractivity contribution >= 4 is 6.08 Å². The number of ether oxygens (including phenoxy) is 1. The van der Waals surface area contributed by atoms with Gasteiger partial charge in [0, 0.05) is 12.1 Å². The maximum absolute atomic E-state index is 5.92. The zero-order valence-corrected chi connectivity index (χ0v) is 11.2. The Hall–Kier alpha value is -1.28. The highest BCUT2D eigenvalue weighted by molar-refractivity contribution is 5.61. The van der Waals surface area contributed by atoms with E-state index in [0.717, 1.165) is 24.8 Å². The molecule has 0 saturated heterocycles. The average Bonchev–Trinajstić information content (AvgIpc) is 3.12. The van der Waals surface area contributed by atoms with Gasteiger partial charge >= 0.3 is 0 Å². The summed E-state index contributed by atoms with van der Waals surface area (Å²) in [6.45, 7) is 6.28. The van der Waals surface area contributed by atoms with Crippen LogP contribution in [0.1, 0.15) is 37.8 Å². The molecule has 0 amide bonds. The molecule has 2 nitrogen and oxygen atoms in total. The van der Waals surface area contributed by atoms with Crippen LogP contribution in [0.3, 0.4) is 0 Å². The fraction of sp³-hybridized carbons (Fsp3) is 0.500. The first-order chi connectivity index (χ1) is 8.62. The van der Waals surface area contributed by atoms with Crippen LogP contribution < -0.4 is 10.1 Å². The van der Waals surface area contributed by atoms with Crippen molar-refractivity contribution in [1.29, 1.82) is 0 Å². The van der Waals surface area contributed by atoms with Crippen molar-refractivity contribution in [3.63, 3.8) is 0 Å². The summed E-state index contributed by atoms with van der Waals surface area (Å²) >= 11 is 0. The van der Waals surface area contributed by atoms with Gasteiger partial charge < -0.3 is 10.1 Å². The van der Waals surface area contributed by atoms with Crippen molar-refractivity contribution in [1.82, 2.24) is 5.32 Å². The number of nitrogens with one attached hydrogen (secondary N) is 1. The second kappa shape index (κ2) is 4.43. The number of rotatable bonds is 4. The Morgan fingerprint density at radius 2 is 2.17 bits per heavy atom. The van der Waals surface area contributed by atoms with E-state index in [-0.39, 0.29) is 5.60 Å². The molecular weight excluding hydrogens is 222 g/mol. The minimum Gasteiger partial charge on any atom is -0.483 e. The Balaban J connectivity index is 1.67. The van der Waals surface area contributed by atoms with Gasteiger partial charge in [0.25, 0.3) is 0 Å². The van der Waals surface area contributed by atoms with Crippen molar-refractivity contribution in [2.75, 3.05) is 6.54 Å². The molecule has 1 fully saturated rings. The highest BCUT2D eigenvalue weighted by Gasteiger charge is 2.22. The van der Waals surface area contributed by atoms with Gasteiger partial charge in [-0.15, -0.1) is 0 Å². The van der Waals surface area contributed by atoms with Crippen LogP contribution >= 0.6 is 0 Å². The number of hydrogen-bond acceptors (Lipinski definition) is 2. The molecule has 3 rings (SSSR count). The molecule has 1 saturated carbocycles. The van der Waals surface area contributed by atoms with Gasteiger partial charge in [0.1, 0.15) is 11.4 Å². The number of fused-ring (bicyclic) bond motifs is 1. The Bertz CT molecular complexity index is 472. The van der Waals surface area contributed by atoms with Gasteiger partial charge in [-0.2, -0.15) is 0 Å². The lowest BCUT2D eigenvalue weighted by Crippen LogP contribution is -2.27. The third-order valence-electron chi connectivity index (χ3n) is 3.57. The molecule has 1 aliphatic carbocycles. The van der Waals surface area contributed by atoms with Gasteiger partial charge in [0.2, 0.25) is 0 Å². The van der Waals surface area contributed by atoms with Crippen molar-refractivity contribution in [2.24, 2.45) is 5.92 Å². The van der Waals surface area contributed by atoms with Gasteiger partial charge in [-0.25, -0.2) is 0 Å².